The van der Waals surface area contributed by atoms with Crippen molar-refractivity contribution in [2.24, 2.45) is 5.10 Å². The molecule has 0 fully saturated rings. The Balaban J connectivity index is 1.69. The summed E-state index contributed by atoms with van der Waals surface area (Å²) in [6.45, 7) is 12.3. The maximum Gasteiger partial charge on any atom is 0.240 e. The van der Waals surface area contributed by atoms with Crippen LogP contribution in [-0.2, 0) is 11.2 Å². The van der Waals surface area contributed by atoms with Gasteiger partial charge in [-0.1, -0.05) is 37.3 Å². The number of hydrogen-bond acceptors (Lipinski definition) is 3. The van der Waals surface area contributed by atoms with Crippen LogP contribution in [0.2, 0.25) is 0 Å². The molecule has 0 saturated heterocycles. The minimum atomic E-state index is -0.0620. The molecule has 1 aliphatic heterocycles. The largest absolute Gasteiger partial charge is 0.366 e. The van der Waals surface area contributed by atoms with E-state index < -0.39 is 0 Å². The van der Waals surface area contributed by atoms with Gasteiger partial charge in [0.2, 0.25) is 5.91 Å². The van der Waals surface area contributed by atoms with Gasteiger partial charge in [-0.15, -0.1) is 0 Å². The van der Waals surface area contributed by atoms with Gasteiger partial charge in [0.25, 0.3) is 0 Å². The third kappa shape index (κ3) is 4.87. The van der Waals surface area contributed by atoms with Crippen LogP contribution < -0.4 is 10.3 Å². The first-order valence-electron chi connectivity index (χ1n) is 10.6. The minimum Gasteiger partial charge on any atom is -0.366 e. The van der Waals surface area contributed by atoms with E-state index in [2.05, 4.69) is 62.2 Å². The molecule has 1 heterocycles. The number of carbonyl (C=O) groups is 1. The number of anilines is 1. The second-order valence-corrected chi connectivity index (χ2v) is 8.71. The fourth-order valence-corrected chi connectivity index (χ4v) is 4.52. The van der Waals surface area contributed by atoms with Crippen molar-refractivity contribution in [3.8, 4) is 0 Å². The summed E-state index contributed by atoms with van der Waals surface area (Å²) in [6, 6.07) is 14.6. The highest BCUT2D eigenvalue weighted by molar-refractivity contribution is 5.85. The maximum atomic E-state index is 12.1. The van der Waals surface area contributed by atoms with Gasteiger partial charge in [0.1, 0.15) is 0 Å². The van der Waals surface area contributed by atoms with E-state index in [0.29, 0.717) is 12.3 Å². The standard InChI is InChI=1S/C25H33N3O/c1-6-28-23-14-18(2)21(15-22(23)19(3)16-25(28,4)5)17-26-27-24(29)13-12-20-10-8-7-9-11-20/h7-11,14-15,17,19H,6,12-13,16H2,1-5H3,(H,27,29)/b26-17+/t19-/m1/s1. The second kappa shape index (κ2) is 8.81. The Hall–Kier alpha value is -2.62. The van der Waals surface area contributed by atoms with Crippen molar-refractivity contribution in [1.82, 2.24) is 5.43 Å². The van der Waals surface area contributed by atoms with Gasteiger partial charge in [-0.2, -0.15) is 5.10 Å². The molecular weight excluding hydrogens is 358 g/mol. The molecule has 0 radical (unpaired) electrons. The average Bonchev–Trinajstić information content (AvgIpc) is 2.68. The molecule has 29 heavy (non-hydrogen) atoms. The van der Waals surface area contributed by atoms with Gasteiger partial charge < -0.3 is 4.90 Å². The van der Waals surface area contributed by atoms with Gasteiger partial charge in [0, 0.05) is 24.2 Å². The highest BCUT2D eigenvalue weighted by Gasteiger charge is 2.35. The van der Waals surface area contributed by atoms with Crippen molar-refractivity contribution < 1.29 is 4.79 Å². The fourth-order valence-electron chi connectivity index (χ4n) is 4.52. The number of amides is 1. The summed E-state index contributed by atoms with van der Waals surface area (Å²) in [4.78, 5) is 14.6. The Bertz CT molecular complexity index is 886. The monoisotopic (exact) mass is 391 g/mol. The Labute approximate surface area is 175 Å². The number of rotatable bonds is 6. The summed E-state index contributed by atoms with van der Waals surface area (Å²) in [7, 11) is 0. The summed E-state index contributed by atoms with van der Waals surface area (Å²) in [5, 5.41) is 4.22. The predicted octanol–water partition coefficient (Wildman–Crippen LogP) is 5.19. The SMILES string of the molecule is CCN1c2cc(C)c(/C=N/NC(=O)CCc3ccccc3)cc2[C@H](C)CC1(C)C. The van der Waals surface area contributed by atoms with Crippen LogP contribution in [0.5, 0.6) is 0 Å². The van der Waals surface area contributed by atoms with Crippen molar-refractivity contribution in [3.05, 3.63) is 64.7 Å². The average molecular weight is 392 g/mol. The first kappa shape index (κ1) is 21.1. The maximum absolute atomic E-state index is 12.1. The summed E-state index contributed by atoms with van der Waals surface area (Å²) >= 11 is 0. The highest BCUT2D eigenvalue weighted by atomic mass is 16.2. The Kier molecular flexibility index (Phi) is 6.41. The molecule has 1 N–H and O–H groups in total. The summed E-state index contributed by atoms with van der Waals surface area (Å²) in [5.41, 5.74) is 8.94. The number of carbonyl (C=O) groups excluding carboxylic acids is 1. The number of nitrogens with zero attached hydrogens (tertiary/aromatic N) is 2. The Morgan fingerprint density at radius 3 is 2.69 bits per heavy atom. The Morgan fingerprint density at radius 1 is 1.28 bits per heavy atom. The third-order valence-electron chi connectivity index (χ3n) is 5.97. The van der Waals surface area contributed by atoms with Gasteiger partial charge in [-0.05, 0) is 80.8 Å². The smallest absolute Gasteiger partial charge is 0.240 e. The molecule has 2 aromatic rings. The van der Waals surface area contributed by atoms with Gasteiger partial charge in [0.05, 0.1) is 6.21 Å². The topological polar surface area (TPSA) is 44.7 Å². The Morgan fingerprint density at radius 2 is 2.00 bits per heavy atom. The predicted molar refractivity (Wildman–Crippen MR) is 122 cm³/mol. The number of nitrogens with one attached hydrogen (secondary N) is 1. The van der Waals surface area contributed by atoms with Crippen molar-refractivity contribution >= 4 is 17.8 Å². The molecule has 0 saturated carbocycles. The van der Waals surface area contributed by atoms with Crippen LogP contribution >= 0.6 is 0 Å². The van der Waals surface area contributed by atoms with Crippen LogP contribution in [0.25, 0.3) is 0 Å². The number of hydrogen-bond donors (Lipinski definition) is 1. The van der Waals surface area contributed by atoms with Crippen LogP contribution in [0.15, 0.2) is 47.6 Å². The molecule has 3 rings (SSSR count). The number of benzene rings is 2. The van der Waals surface area contributed by atoms with E-state index in [0.717, 1.165) is 30.5 Å². The summed E-state index contributed by atoms with van der Waals surface area (Å²) < 4.78 is 0. The quantitative estimate of drug-likeness (QED) is 0.544. The van der Waals surface area contributed by atoms with Crippen LogP contribution in [0.1, 0.15) is 68.7 Å². The molecule has 1 aliphatic rings. The zero-order chi connectivity index (χ0) is 21.0. The van der Waals surface area contributed by atoms with Gasteiger partial charge in [-0.25, -0.2) is 5.43 Å². The van der Waals surface area contributed by atoms with E-state index in [4.69, 9.17) is 0 Å². The highest BCUT2D eigenvalue weighted by Crippen LogP contribution is 2.43. The molecule has 1 amide bonds. The first-order chi connectivity index (χ1) is 13.8. The van der Waals surface area contributed by atoms with Crippen LogP contribution in [0, 0.1) is 6.92 Å². The molecule has 0 aliphatic carbocycles. The van der Waals surface area contributed by atoms with E-state index in [1.807, 2.05) is 30.3 Å². The lowest BCUT2D eigenvalue weighted by Gasteiger charge is -2.47. The molecular formula is C25H33N3O. The van der Waals surface area contributed by atoms with E-state index in [-0.39, 0.29) is 11.4 Å². The zero-order valence-electron chi connectivity index (χ0n) is 18.3. The summed E-state index contributed by atoms with van der Waals surface area (Å²) in [6.07, 6.45) is 4.06. The molecule has 1 atom stereocenters. The zero-order valence-corrected chi connectivity index (χ0v) is 18.3. The number of fused-ring (bicyclic) bond motifs is 1. The number of aryl methyl sites for hydroxylation is 2. The van der Waals surface area contributed by atoms with Gasteiger partial charge in [-0.3, -0.25) is 4.79 Å². The van der Waals surface area contributed by atoms with Crippen LogP contribution in [0.4, 0.5) is 5.69 Å². The molecule has 0 bridgehead atoms. The van der Waals surface area contributed by atoms with Crippen molar-refractivity contribution in [2.75, 3.05) is 11.4 Å². The molecule has 4 heteroatoms. The summed E-state index contributed by atoms with van der Waals surface area (Å²) in [5.74, 6) is 0.434. The normalized spacial score (nSPS) is 18.0. The third-order valence-corrected chi connectivity index (χ3v) is 5.97. The molecule has 154 valence electrons. The fraction of sp³-hybridized carbons (Fsp3) is 0.440. The van der Waals surface area contributed by atoms with E-state index in [1.165, 1.54) is 16.8 Å². The lowest BCUT2D eigenvalue weighted by Crippen LogP contribution is -2.48. The second-order valence-electron chi connectivity index (χ2n) is 8.71. The van der Waals surface area contributed by atoms with Gasteiger partial charge in [0.15, 0.2) is 0 Å². The molecule has 0 spiro atoms. The van der Waals surface area contributed by atoms with Gasteiger partial charge >= 0.3 is 0 Å². The van der Waals surface area contributed by atoms with Crippen LogP contribution in [0.3, 0.4) is 0 Å². The minimum absolute atomic E-state index is 0.0620. The lowest BCUT2D eigenvalue weighted by atomic mass is 9.79. The molecule has 4 nitrogen and oxygen atoms in total. The van der Waals surface area contributed by atoms with Crippen LogP contribution in [-0.4, -0.2) is 24.2 Å². The molecule has 0 unspecified atom stereocenters. The molecule has 2 aromatic carbocycles. The van der Waals surface area contributed by atoms with E-state index in [9.17, 15) is 4.79 Å². The number of hydrazone groups is 1. The first-order valence-corrected chi connectivity index (χ1v) is 10.6. The van der Waals surface area contributed by atoms with Crippen molar-refractivity contribution in [2.45, 2.75) is 65.3 Å². The molecule has 0 aromatic heterocycles. The van der Waals surface area contributed by atoms with Crippen molar-refractivity contribution in [3.63, 3.8) is 0 Å². The lowest BCUT2D eigenvalue weighted by molar-refractivity contribution is -0.121. The van der Waals surface area contributed by atoms with E-state index in [1.54, 1.807) is 6.21 Å². The van der Waals surface area contributed by atoms with Crippen molar-refractivity contribution in [1.29, 1.82) is 0 Å². The van der Waals surface area contributed by atoms with E-state index >= 15 is 0 Å².